The summed E-state index contributed by atoms with van der Waals surface area (Å²) in [5.41, 5.74) is 6.50. The predicted octanol–water partition coefficient (Wildman–Crippen LogP) is 5.10. The van der Waals surface area contributed by atoms with Crippen molar-refractivity contribution >= 4 is 34.7 Å². The molecule has 0 bridgehead atoms. The fourth-order valence-electron chi connectivity index (χ4n) is 3.19. The summed E-state index contributed by atoms with van der Waals surface area (Å²) >= 11 is 0. The lowest BCUT2D eigenvalue weighted by Crippen LogP contribution is -2.15. The molecular weight excluding hydrogens is 336 g/mol. The van der Waals surface area contributed by atoms with E-state index in [1.807, 2.05) is 25.1 Å². The van der Waals surface area contributed by atoms with Gasteiger partial charge in [0.15, 0.2) is 11.5 Å². The molecule has 0 spiro atoms. The maximum atomic E-state index is 5.67. The number of ether oxygens (including phenoxy) is 2. The van der Waals surface area contributed by atoms with Gasteiger partial charge in [-0.15, -0.1) is 12.4 Å². The molecule has 4 rings (SSSR count). The van der Waals surface area contributed by atoms with Crippen LogP contribution in [0.15, 0.2) is 36.4 Å². The number of fused-ring (bicyclic) bond motifs is 2. The molecule has 0 atom stereocenters. The van der Waals surface area contributed by atoms with Crippen molar-refractivity contribution in [3.63, 3.8) is 0 Å². The van der Waals surface area contributed by atoms with Crippen LogP contribution in [-0.2, 0) is 0 Å². The third-order valence-electron chi connectivity index (χ3n) is 4.20. The average molecular weight is 357 g/mol. The molecule has 5 heteroatoms. The molecular formula is C20H21ClN2O2. The van der Waals surface area contributed by atoms with Crippen molar-refractivity contribution in [1.82, 2.24) is 4.98 Å². The summed E-state index contributed by atoms with van der Waals surface area (Å²) in [6.45, 7) is 7.43. The van der Waals surface area contributed by atoms with Gasteiger partial charge in [0, 0.05) is 28.5 Å². The molecule has 1 aliphatic heterocycles. The number of nitrogens with one attached hydrogen (secondary N) is 1. The Morgan fingerprint density at radius 3 is 2.48 bits per heavy atom. The largest absolute Gasteiger partial charge is 0.486 e. The summed E-state index contributed by atoms with van der Waals surface area (Å²) < 4.78 is 11.3. The van der Waals surface area contributed by atoms with E-state index in [0.717, 1.165) is 39.5 Å². The monoisotopic (exact) mass is 356 g/mol. The highest BCUT2D eigenvalue weighted by Crippen LogP contribution is 2.35. The fraction of sp³-hybridized carbons (Fsp3) is 0.250. The Morgan fingerprint density at radius 1 is 0.920 bits per heavy atom. The van der Waals surface area contributed by atoms with Crippen LogP contribution in [0.4, 0.5) is 11.4 Å². The normalized spacial score (nSPS) is 12.6. The van der Waals surface area contributed by atoms with Crippen molar-refractivity contribution in [3.05, 3.63) is 53.2 Å². The van der Waals surface area contributed by atoms with Gasteiger partial charge >= 0.3 is 0 Å². The quantitative estimate of drug-likeness (QED) is 0.694. The first kappa shape index (κ1) is 17.4. The number of pyridine rings is 1. The van der Waals surface area contributed by atoms with Crippen molar-refractivity contribution in [1.29, 1.82) is 0 Å². The summed E-state index contributed by atoms with van der Waals surface area (Å²) in [6.07, 6.45) is 0. The van der Waals surface area contributed by atoms with Crippen LogP contribution in [0.1, 0.15) is 16.8 Å². The zero-order valence-corrected chi connectivity index (χ0v) is 15.4. The molecule has 130 valence electrons. The zero-order valence-electron chi connectivity index (χ0n) is 14.6. The fourth-order valence-corrected chi connectivity index (χ4v) is 3.19. The molecule has 0 saturated heterocycles. The topological polar surface area (TPSA) is 43.4 Å². The summed E-state index contributed by atoms with van der Waals surface area (Å²) in [7, 11) is 0. The number of hydrogen-bond acceptors (Lipinski definition) is 4. The smallest absolute Gasteiger partial charge is 0.163 e. The number of aromatic nitrogens is 1. The molecule has 1 aromatic heterocycles. The van der Waals surface area contributed by atoms with Gasteiger partial charge in [-0.25, -0.2) is 0 Å². The Hall–Kier alpha value is -2.46. The van der Waals surface area contributed by atoms with Gasteiger partial charge < -0.3 is 14.8 Å². The van der Waals surface area contributed by atoms with E-state index in [9.17, 15) is 0 Å². The van der Waals surface area contributed by atoms with Gasteiger partial charge in [0.25, 0.3) is 0 Å². The molecule has 2 heterocycles. The maximum Gasteiger partial charge on any atom is 0.163 e. The molecule has 0 radical (unpaired) electrons. The van der Waals surface area contributed by atoms with Crippen LogP contribution >= 0.6 is 12.4 Å². The van der Waals surface area contributed by atoms with Crippen LogP contribution in [-0.4, -0.2) is 18.2 Å². The van der Waals surface area contributed by atoms with Crippen molar-refractivity contribution in [2.75, 3.05) is 18.5 Å². The van der Waals surface area contributed by atoms with E-state index in [1.165, 1.54) is 11.1 Å². The average Bonchev–Trinajstić information content (AvgIpc) is 2.56. The van der Waals surface area contributed by atoms with Crippen LogP contribution in [0.3, 0.4) is 0 Å². The molecule has 0 amide bonds. The highest BCUT2D eigenvalue weighted by molar-refractivity contribution is 5.95. The highest BCUT2D eigenvalue weighted by Gasteiger charge is 2.13. The molecule has 3 aromatic rings. The minimum absolute atomic E-state index is 0. The SMILES string of the molecule is Cc1cc(C)c2nc(C)cc(Nc3ccc4c(c3)OCCO4)c2c1.Cl. The standard InChI is InChI=1S/C20H20N2O2.ClH/c1-12-8-13(2)20-16(9-12)17(10-14(3)21-20)22-15-4-5-18-19(11-15)24-7-6-23-18;/h4-5,8-11H,6-7H2,1-3H3,(H,21,22);1H. The summed E-state index contributed by atoms with van der Waals surface area (Å²) in [6, 6.07) is 12.4. The molecule has 0 saturated carbocycles. The number of benzene rings is 2. The van der Waals surface area contributed by atoms with E-state index in [4.69, 9.17) is 14.5 Å². The molecule has 0 unspecified atom stereocenters. The predicted molar refractivity (Wildman–Crippen MR) is 104 cm³/mol. The van der Waals surface area contributed by atoms with E-state index < -0.39 is 0 Å². The van der Waals surface area contributed by atoms with E-state index in [0.29, 0.717) is 13.2 Å². The minimum Gasteiger partial charge on any atom is -0.486 e. The van der Waals surface area contributed by atoms with Gasteiger partial charge in [0.05, 0.1) is 5.52 Å². The van der Waals surface area contributed by atoms with Crippen LogP contribution in [0.25, 0.3) is 10.9 Å². The van der Waals surface area contributed by atoms with Crippen molar-refractivity contribution in [2.45, 2.75) is 20.8 Å². The van der Waals surface area contributed by atoms with Crippen molar-refractivity contribution in [3.8, 4) is 11.5 Å². The molecule has 2 aromatic carbocycles. The van der Waals surface area contributed by atoms with Crippen LogP contribution in [0, 0.1) is 20.8 Å². The summed E-state index contributed by atoms with van der Waals surface area (Å²) in [5.74, 6) is 1.59. The number of nitrogens with zero attached hydrogens (tertiary/aromatic N) is 1. The van der Waals surface area contributed by atoms with Crippen LogP contribution in [0.2, 0.25) is 0 Å². The first-order valence-electron chi connectivity index (χ1n) is 8.15. The Morgan fingerprint density at radius 2 is 1.68 bits per heavy atom. The Balaban J connectivity index is 0.00000182. The zero-order chi connectivity index (χ0) is 16.7. The Kier molecular flexibility index (Phi) is 4.73. The molecule has 4 nitrogen and oxygen atoms in total. The van der Waals surface area contributed by atoms with Gasteiger partial charge in [-0.2, -0.15) is 0 Å². The lowest BCUT2D eigenvalue weighted by Gasteiger charge is -2.19. The van der Waals surface area contributed by atoms with E-state index in [2.05, 4.69) is 37.4 Å². The lowest BCUT2D eigenvalue weighted by molar-refractivity contribution is 0.171. The molecule has 0 aliphatic carbocycles. The second kappa shape index (κ2) is 6.81. The van der Waals surface area contributed by atoms with E-state index >= 15 is 0 Å². The molecule has 25 heavy (non-hydrogen) atoms. The Labute approximate surface area is 153 Å². The maximum absolute atomic E-state index is 5.67. The number of hydrogen-bond donors (Lipinski definition) is 1. The highest BCUT2D eigenvalue weighted by atomic mass is 35.5. The van der Waals surface area contributed by atoms with Crippen LogP contribution in [0.5, 0.6) is 11.5 Å². The number of halogens is 1. The van der Waals surface area contributed by atoms with Gasteiger partial charge in [-0.3, -0.25) is 4.98 Å². The molecule has 0 fully saturated rings. The van der Waals surface area contributed by atoms with Gasteiger partial charge in [0.1, 0.15) is 13.2 Å². The third kappa shape index (κ3) is 3.35. The minimum atomic E-state index is 0. The number of rotatable bonds is 2. The van der Waals surface area contributed by atoms with Gasteiger partial charge in [-0.1, -0.05) is 11.6 Å². The van der Waals surface area contributed by atoms with Crippen LogP contribution < -0.4 is 14.8 Å². The van der Waals surface area contributed by atoms with Gasteiger partial charge in [-0.05, 0) is 50.6 Å². The third-order valence-corrected chi connectivity index (χ3v) is 4.20. The van der Waals surface area contributed by atoms with Gasteiger partial charge in [0.2, 0.25) is 0 Å². The van der Waals surface area contributed by atoms with Crippen molar-refractivity contribution in [2.24, 2.45) is 0 Å². The lowest BCUT2D eigenvalue weighted by atomic mass is 10.0. The molecule has 1 N–H and O–H groups in total. The van der Waals surface area contributed by atoms with E-state index in [1.54, 1.807) is 0 Å². The van der Waals surface area contributed by atoms with Crippen molar-refractivity contribution < 1.29 is 9.47 Å². The molecule has 1 aliphatic rings. The second-order valence-electron chi connectivity index (χ2n) is 6.27. The summed E-state index contributed by atoms with van der Waals surface area (Å²) in [4.78, 5) is 4.70. The Bertz CT molecular complexity index is 941. The first-order chi connectivity index (χ1) is 11.6. The second-order valence-corrected chi connectivity index (χ2v) is 6.27. The first-order valence-corrected chi connectivity index (χ1v) is 8.15. The van der Waals surface area contributed by atoms with E-state index in [-0.39, 0.29) is 12.4 Å². The number of anilines is 2. The number of aryl methyl sites for hydroxylation is 3. The summed E-state index contributed by atoms with van der Waals surface area (Å²) in [5, 5.41) is 4.65.